The van der Waals surface area contributed by atoms with Gasteiger partial charge in [0.2, 0.25) is 0 Å². The fraction of sp³-hybridized carbons (Fsp3) is 0.438. The Bertz CT molecular complexity index is 632. The largest absolute Gasteiger partial charge is 0.384 e. The van der Waals surface area contributed by atoms with Crippen molar-refractivity contribution in [2.75, 3.05) is 11.9 Å². The van der Waals surface area contributed by atoms with Crippen LogP contribution in [0.3, 0.4) is 0 Å². The number of nitrogens with one attached hydrogen (secondary N) is 1. The maximum atomic E-state index is 6.35. The van der Waals surface area contributed by atoms with Crippen LogP contribution in [0.2, 0.25) is 5.02 Å². The summed E-state index contributed by atoms with van der Waals surface area (Å²) in [5.74, 6) is 0. The summed E-state index contributed by atoms with van der Waals surface area (Å²) in [4.78, 5) is 4.77. The van der Waals surface area contributed by atoms with Gasteiger partial charge in [-0.05, 0) is 24.6 Å². The second kappa shape index (κ2) is 5.90. The van der Waals surface area contributed by atoms with E-state index in [1.807, 2.05) is 12.1 Å². The number of anilines is 1. The monoisotopic (exact) mass is 354 g/mol. The molecule has 2 rings (SSSR count). The zero-order valence-electron chi connectivity index (χ0n) is 12.3. The molecule has 0 aliphatic heterocycles. The van der Waals surface area contributed by atoms with E-state index in [1.54, 1.807) is 0 Å². The SMILES string of the molecule is CCCNc1cc(C(C)(C)C)nc2c(Cl)ccc(Br)c12. The third-order valence-corrected chi connectivity index (χ3v) is 4.16. The van der Waals surface area contributed by atoms with E-state index in [2.05, 4.69) is 55.0 Å². The molecule has 0 saturated heterocycles. The normalized spacial score (nSPS) is 11.9. The number of hydrogen-bond donors (Lipinski definition) is 1. The van der Waals surface area contributed by atoms with Crippen LogP contribution in [0.5, 0.6) is 0 Å². The lowest BCUT2D eigenvalue weighted by molar-refractivity contribution is 0.572. The maximum Gasteiger partial charge on any atom is 0.0923 e. The molecular weight excluding hydrogens is 336 g/mol. The van der Waals surface area contributed by atoms with Crippen molar-refractivity contribution in [3.63, 3.8) is 0 Å². The molecule has 20 heavy (non-hydrogen) atoms. The van der Waals surface area contributed by atoms with Crippen molar-refractivity contribution in [2.24, 2.45) is 0 Å². The Kier molecular flexibility index (Phi) is 4.60. The van der Waals surface area contributed by atoms with Crippen LogP contribution in [0.1, 0.15) is 39.8 Å². The zero-order chi connectivity index (χ0) is 14.9. The first-order chi connectivity index (χ1) is 9.34. The standard InChI is InChI=1S/C16H20BrClN2/c1-5-8-19-12-9-13(16(2,3)4)20-15-11(18)7-6-10(17)14(12)15/h6-7,9H,5,8H2,1-4H3,(H,19,20). The Labute approximate surface area is 134 Å². The van der Waals surface area contributed by atoms with Gasteiger partial charge < -0.3 is 5.32 Å². The Hall–Kier alpha value is -0.800. The third kappa shape index (κ3) is 3.09. The number of hydrogen-bond acceptors (Lipinski definition) is 2. The summed E-state index contributed by atoms with van der Waals surface area (Å²) >= 11 is 9.96. The second-order valence-corrected chi connectivity index (χ2v) is 7.25. The number of rotatable bonds is 3. The molecular formula is C16H20BrClN2. The van der Waals surface area contributed by atoms with Crippen molar-refractivity contribution in [1.29, 1.82) is 0 Å². The van der Waals surface area contributed by atoms with Gasteiger partial charge in [-0.3, -0.25) is 4.98 Å². The van der Waals surface area contributed by atoms with E-state index in [1.165, 1.54) is 0 Å². The molecule has 0 saturated carbocycles. The van der Waals surface area contributed by atoms with E-state index in [-0.39, 0.29) is 5.41 Å². The van der Waals surface area contributed by atoms with Gasteiger partial charge in [0.05, 0.1) is 10.5 Å². The predicted octanol–water partition coefficient (Wildman–Crippen LogP) is 5.77. The van der Waals surface area contributed by atoms with E-state index in [0.29, 0.717) is 5.02 Å². The molecule has 1 N–H and O–H groups in total. The van der Waals surface area contributed by atoms with Gasteiger partial charge in [-0.25, -0.2) is 0 Å². The highest BCUT2D eigenvalue weighted by Crippen LogP contribution is 2.36. The quantitative estimate of drug-likeness (QED) is 0.756. The average molecular weight is 356 g/mol. The van der Waals surface area contributed by atoms with Crippen LogP contribution in [0.4, 0.5) is 5.69 Å². The molecule has 1 heterocycles. The average Bonchev–Trinajstić information content (AvgIpc) is 2.39. The molecule has 2 nitrogen and oxygen atoms in total. The molecule has 0 aliphatic carbocycles. The van der Waals surface area contributed by atoms with Gasteiger partial charge in [0.15, 0.2) is 0 Å². The molecule has 0 fully saturated rings. The Balaban J connectivity index is 2.74. The number of aromatic nitrogens is 1. The topological polar surface area (TPSA) is 24.9 Å². The first-order valence-electron chi connectivity index (χ1n) is 6.87. The Morgan fingerprint density at radius 3 is 2.60 bits per heavy atom. The predicted molar refractivity (Wildman–Crippen MR) is 91.9 cm³/mol. The summed E-state index contributed by atoms with van der Waals surface area (Å²) in [6.07, 6.45) is 1.08. The van der Waals surface area contributed by atoms with Gasteiger partial charge in [0.25, 0.3) is 0 Å². The van der Waals surface area contributed by atoms with E-state index >= 15 is 0 Å². The number of fused-ring (bicyclic) bond motifs is 1. The molecule has 0 bridgehead atoms. The summed E-state index contributed by atoms with van der Waals surface area (Å²) in [5, 5.41) is 5.23. The Morgan fingerprint density at radius 2 is 2.00 bits per heavy atom. The summed E-state index contributed by atoms with van der Waals surface area (Å²) in [6, 6.07) is 6.00. The van der Waals surface area contributed by atoms with Crippen LogP contribution in [-0.2, 0) is 5.41 Å². The summed E-state index contributed by atoms with van der Waals surface area (Å²) in [5.41, 5.74) is 2.98. The molecule has 4 heteroatoms. The number of nitrogens with zero attached hydrogens (tertiary/aromatic N) is 1. The van der Waals surface area contributed by atoms with Crippen LogP contribution in [0.15, 0.2) is 22.7 Å². The van der Waals surface area contributed by atoms with Gasteiger partial charge in [0, 0.05) is 33.2 Å². The molecule has 0 radical (unpaired) electrons. The molecule has 0 amide bonds. The van der Waals surface area contributed by atoms with Crippen LogP contribution < -0.4 is 5.32 Å². The lowest BCUT2D eigenvalue weighted by atomic mass is 9.90. The van der Waals surface area contributed by atoms with Crippen molar-refractivity contribution in [1.82, 2.24) is 4.98 Å². The summed E-state index contributed by atoms with van der Waals surface area (Å²) in [6.45, 7) is 9.58. The molecule has 0 aliphatic rings. The van der Waals surface area contributed by atoms with Gasteiger partial charge in [0.1, 0.15) is 0 Å². The lowest BCUT2D eigenvalue weighted by Crippen LogP contribution is -2.15. The zero-order valence-corrected chi connectivity index (χ0v) is 14.7. The lowest BCUT2D eigenvalue weighted by Gasteiger charge is -2.21. The fourth-order valence-electron chi connectivity index (χ4n) is 2.05. The van der Waals surface area contributed by atoms with Crippen molar-refractivity contribution in [3.8, 4) is 0 Å². The second-order valence-electron chi connectivity index (χ2n) is 5.98. The van der Waals surface area contributed by atoms with Crippen molar-refractivity contribution >= 4 is 44.1 Å². The summed E-state index contributed by atoms with van der Waals surface area (Å²) in [7, 11) is 0. The van der Waals surface area contributed by atoms with E-state index in [4.69, 9.17) is 16.6 Å². The maximum absolute atomic E-state index is 6.35. The van der Waals surface area contributed by atoms with Crippen LogP contribution in [0, 0.1) is 0 Å². The highest BCUT2D eigenvalue weighted by molar-refractivity contribution is 9.10. The molecule has 1 aromatic carbocycles. The number of halogens is 2. The number of pyridine rings is 1. The molecule has 108 valence electrons. The Morgan fingerprint density at radius 1 is 1.30 bits per heavy atom. The highest BCUT2D eigenvalue weighted by Gasteiger charge is 2.19. The minimum absolute atomic E-state index is 0.0114. The van der Waals surface area contributed by atoms with Crippen LogP contribution in [-0.4, -0.2) is 11.5 Å². The fourth-order valence-corrected chi connectivity index (χ4v) is 2.78. The van der Waals surface area contributed by atoms with Crippen LogP contribution in [0.25, 0.3) is 10.9 Å². The van der Waals surface area contributed by atoms with Gasteiger partial charge in [-0.1, -0.05) is 55.2 Å². The van der Waals surface area contributed by atoms with Gasteiger partial charge in [-0.2, -0.15) is 0 Å². The minimum atomic E-state index is -0.0114. The molecule has 0 spiro atoms. The van der Waals surface area contributed by atoms with E-state index in [9.17, 15) is 0 Å². The van der Waals surface area contributed by atoms with E-state index in [0.717, 1.165) is 39.7 Å². The summed E-state index contributed by atoms with van der Waals surface area (Å²) < 4.78 is 1.02. The minimum Gasteiger partial charge on any atom is -0.384 e. The molecule has 1 aromatic heterocycles. The van der Waals surface area contributed by atoms with Crippen molar-refractivity contribution in [3.05, 3.63) is 33.4 Å². The third-order valence-electron chi connectivity index (χ3n) is 3.19. The first-order valence-corrected chi connectivity index (χ1v) is 8.04. The molecule has 2 aromatic rings. The van der Waals surface area contributed by atoms with Gasteiger partial charge in [-0.15, -0.1) is 0 Å². The van der Waals surface area contributed by atoms with E-state index < -0.39 is 0 Å². The number of benzene rings is 1. The molecule has 0 atom stereocenters. The molecule has 0 unspecified atom stereocenters. The van der Waals surface area contributed by atoms with Crippen LogP contribution >= 0.6 is 27.5 Å². The highest BCUT2D eigenvalue weighted by atomic mass is 79.9. The van der Waals surface area contributed by atoms with Gasteiger partial charge >= 0.3 is 0 Å². The smallest absolute Gasteiger partial charge is 0.0923 e. The van der Waals surface area contributed by atoms with Crippen molar-refractivity contribution in [2.45, 2.75) is 39.5 Å². The first kappa shape index (κ1) is 15.6. The van der Waals surface area contributed by atoms with Crippen molar-refractivity contribution < 1.29 is 0 Å².